The number of hydrogen-bond acceptors (Lipinski definition) is 6. The highest BCUT2D eigenvalue weighted by Gasteiger charge is 2.23. The molecule has 0 saturated heterocycles. The van der Waals surface area contributed by atoms with Crippen molar-refractivity contribution in [3.05, 3.63) is 71.9 Å². The summed E-state index contributed by atoms with van der Waals surface area (Å²) in [7, 11) is 1.32. The van der Waals surface area contributed by atoms with Gasteiger partial charge in [-0.05, 0) is 83.7 Å². The Balaban J connectivity index is 2.67. The van der Waals surface area contributed by atoms with Gasteiger partial charge < -0.3 is 19.7 Å². The largest absolute Gasteiger partial charge is 0.508 e. The Morgan fingerprint density at radius 1 is 1.21 bits per heavy atom. The number of aliphatic hydroxyl groups is 1. The third-order valence-corrected chi connectivity index (χ3v) is 5.26. The van der Waals surface area contributed by atoms with Crippen molar-refractivity contribution in [2.75, 3.05) is 7.11 Å². The first-order valence-electron chi connectivity index (χ1n) is 11.4. The zero-order valence-electron chi connectivity index (χ0n) is 21.0. The molecule has 0 fully saturated rings. The van der Waals surface area contributed by atoms with Crippen molar-refractivity contribution in [2.45, 2.75) is 71.5 Å². The van der Waals surface area contributed by atoms with E-state index < -0.39 is 17.7 Å². The van der Waals surface area contributed by atoms with Gasteiger partial charge in [0.1, 0.15) is 23.2 Å². The maximum Gasteiger partial charge on any atom is 0.310 e. The van der Waals surface area contributed by atoms with Crippen molar-refractivity contribution in [3.63, 3.8) is 0 Å². The van der Waals surface area contributed by atoms with E-state index in [0.717, 1.165) is 24.8 Å². The van der Waals surface area contributed by atoms with Crippen molar-refractivity contribution in [3.8, 4) is 11.5 Å². The molecule has 6 heteroatoms. The first-order valence-corrected chi connectivity index (χ1v) is 11.4. The van der Waals surface area contributed by atoms with E-state index >= 15 is 0 Å². The maximum atomic E-state index is 11.7. The summed E-state index contributed by atoms with van der Waals surface area (Å²) in [6.07, 6.45) is 10.5. The van der Waals surface area contributed by atoms with E-state index in [0.29, 0.717) is 17.7 Å². The molecule has 0 aliphatic heterocycles. The molecule has 0 saturated carbocycles. The van der Waals surface area contributed by atoms with Gasteiger partial charge in [0.05, 0.1) is 13.5 Å². The summed E-state index contributed by atoms with van der Waals surface area (Å²) in [5.41, 5.74) is 1.92. The van der Waals surface area contributed by atoms with E-state index in [1.54, 1.807) is 12.1 Å². The highest BCUT2D eigenvalue weighted by Crippen LogP contribution is 2.30. The van der Waals surface area contributed by atoms with Crippen LogP contribution in [-0.4, -0.2) is 40.8 Å². The second-order valence-electron chi connectivity index (χ2n) is 8.79. The van der Waals surface area contributed by atoms with Crippen LogP contribution in [0.25, 0.3) is 0 Å². The number of phenolic OH excluding ortho intramolecular Hbond substituents is 1. The number of carbonyl (C=O) groups excluding carboxylic acids is 2. The Kier molecular flexibility index (Phi) is 12.1. The number of hydrogen-bond donors (Lipinski definition) is 2. The molecule has 0 aromatic heterocycles. The smallest absolute Gasteiger partial charge is 0.310 e. The maximum absolute atomic E-state index is 11.7. The number of aromatic hydroxyl groups is 1. The molecule has 1 aromatic rings. The molecule has 0 aliphatic rings. The Hall–Kier alpha value is -3.12. The van der Waals surface area contributed by atoms with Gasteiger partial charge in [0.25, 0.3) is 0 Å². The van der Waals surface area contributed by atoms with Crippen LogP contribution in [0.15, 0.2) is 66.3 Å². The lowest BCUT2D eigenvalue weighted by Crippen LogP contribution is -2.30. The lowest BCUT2D eigenvalue weighted by molar-refractivity contribution is -0.139. The summed E-state index contributed by atoms with van der Waals surface area (Å²) in [5.74, 6) is -0.182. The number of rotatable bonds is 14. The highest BCUT2D eigenvalue weighted by atomic mass is 16.5. The fraction of sp³-hybridized carbons (Fsp3) is 0.429. The van der Waals surface area contributed by atoms with Crippen LogP contribution in [0.4, 0.5) is 0 Å². The molecule has 34 heavy (non-hydrogen) atoms. The predicted octanol–water partition coefficient (Wildman–Crippen LogP) is 5.39. The monoisotopic (exact) mass is 470 g/mol. The van der Waals surface area contributed by atoms with Gasteiger partial charge >= 0.3 is 5.97 Å². The molecule has 0 heterocycles. The average Bonchev–Trinajstić information content (AvgIpc) is 2.77. The molecule has 0 unspecified atom stereocenters. The van der Waals surface area contributed by atoms with Gasteiger partial charge in [-0.2, -0.15) is 0 Å². The van der Waals surface area contributed by atoms with E-state index in [1.807, 2.05) is 33.8 Å². The summed E-state index contributed by atoms with van der Waals surface area (Å²) >= 11 is 0. The van der Waals surface area contributed by atoms with Gasteiger partial charge in [0.2, 0.25) is 0 Å². The zero-order chi connectivity index (χ0) is 25.7. The van der Waals surface area contributed by atoms with Crippen LogP contribution in [-0.2, 0) is 20.7 Å². The second kappa shape index (κ2) is 14.2. The number of benzene rings is 1. The minimum absolute atomic E-state index is 0.00534. The minimum atomic E-state index is -1.10. The van der Waals surface area contributed by atoms with Gasteiger partial charge in [-0.15, -0.1) is 0 Å². The Morgan fingerprint density at radius 2 is 1.91 bits per heavy atom. The highest BCUT2D eigenvalue weighted by molar-refractivity contribution is 5.95. The lowest BCUT2D eigenvalue weighted by atomic mass is 9.98. The van der Waals surface area contributed by atoms with E-state index in [9.17, 15) is 19.8 Å². The number of carbonyl (C=O) groups is 2. The molecular formula is C28H38O6. The minimum Gasteiger partial charge on any atom is -0.508 e. The molecule has 1 rings (SSSR count). The number of aliphatic hydroxyl groups excluding tert-OH is 1. The first kappa shape index (κ1) is 28.9. The van der Waals surface area contributed by atoms with Gasteiger partial charge in [0, 0.05) is 5.56 Å². The van der Waals surface area contributed by atoms with Crippen LogP contribution in [0, 0.1) is 0 Å². The van der Waals surface area contributed by atoms with E-state index in [1.165, 1.54) is 37.0 Å². The first-order chi connectivity index (χ1) is 16.0. The molecule has 2 N–H and O–H groups in total. The number of allylic oxidation sites excluding steroid dienone is 4. The van der Waals surface area contributed by atoms with Gasteiger partial charge in [-0.25, -0.2) is 0 Å². The SMILES string of the molecule is C=C[C@@](C)(CCC=C(C)CCC=C[C@H](O)C(=O)C=C(C)C)Oc1ccc(O)cc1CC(=O)OC. The third kappa shape index (κ3) is 10.7. The molecule has 6 nitrogen and oxygen atoms in total. The number of ketones is 1. The molecule has 0 bridgehead atoms. The summed E-state index contributed by atoms with van der Waals surface area (Å²) in [6, 6.07) is 4.65. The number of methoxy groups -OCH3 is 1. The summed E-state index contributed by atoms with van der Waals surface area (Å²) < 4.78 is 10.9. The number of ether oxygens (including phenoxy) is 2. The number of esters is 1. The fourth-order valence-corrected chi connectivity index (χ4v) is 3.19. The fourth-order valence-electron chi connectivity index (χ4n) is 3.19. The molecule has 186 valence electrons. The van der Waals surface area contributed by atoms with Crippen molar-refractivity contribution in [2.24, 2.45) is 0 Å². The molecular weight excluding hydrogens is 432 g/mol. The second-order valence-corrected chi connectivity index (χ2v) is 8.79. The zero-order valence-corrected chi connectivity index (χ0v) is 21.0. The van der Waals surface area contributed by atoms with Crippen LogP contribution >= 0.6 is 0 Å². The number of phenols is 1. The van der Waals surface area contributed by atoms with Crippen LogP contribution in [0.1, 0.15) is 58.9 Å². The van der Waals surface area contributed by atoms with E-state index in [4.69, 9.17) is 9.47 Å². The molecule has 2 atom stereocenters. The quantitative estimate of drug-likeness (QED) is 0.215. The van der Waals surface area contributed by atoms with Crippen LogP contribution in [0.2, 0.25) is 0 Å². The molecule has 0 amide bonds. The Morgan fingerprint density at radius 3 is 2.53 bits per heavy atom. The van der Waals surface area contributed by atoms with Crippen molar-refractivity contribution in [1.82, 2.24) is 0 Å². The molecule has 0 spiro atoms. The lowest BCUT2D eigenvalue weighted by Gasteiger charge is -2.28. The topological polar surface area (TPSA) is 93.1 Å². The predicted molar refractivity (Wildman–Crippen MR) is 135 cm³/mol. The average molecular weight is 471 g/mol. The van der Waals surface area contributed by atoms with Crippen LogP contribution in [0.3, 0.4) is 0 Å². The molecule has 0 aliphatic carbocycles. The Bertz CT molecular complexity index is 936. The van der Waals surface area contributed by atoms with E-state index in [2.05, 4.69) is 12.7 Å². The van der Waals surface area contributed by atoms with Crippen LogP contribution in [0.5, 0.6) is 11.5 Å². The van der Waals surface area contributed by atoms with Crippen LogP contribution < -0.4 is 4.74 Å². The normalized spacial score (nSPS) is 14.2. The van der Waals surface area contributed by atoms with Crippen molar-refractivity contribution < 1.29 is 29.3 Å². The summed E-state index contributed by atoms with van der Waals surface area (Å²) in [4.78, 5) is 23.5. The summed E-state index contributed by atoms with van der Waals surface area (Å²) in [6.45, 7) is 11.5. The van der Waals surface area contributed by atoms with Crippen molar-refractivity contribution in [1.29, 1.82) is 0 Å². The Labute approximate surface area is 203 Å². The third-order valence-electron chi connectivity index (χ3n) is 5.26. The molecule has 1 aromatic carbocycles. The van der Waals surface area contributed by atoms with Gasteiger partial charge in [-0.1, -0.05) is 36.0 Å². The van der Waals surface area contributed by atoms with Gasteiger partial charge in [0.15, 0.2) is 5.78 Å². The standard InChI is InChI=1S/C28H38O6/c1-7-28(5,34-26-15-14-23(29)18-22(26)19-27(32)33-6)16-10-12-21(4)11-8-9-13-24(30)25(31)17-20(2)3/h7,9,12-15,17-18,24,29-30H,1,8,10-11,16,19H2,2-6H3/t24-,28-/m0/s1. The van der Waals surface area contributed by atoms with Crippen molar-refractivity contribution >= 4 is 11.8 Å². The van der Waals surface area contributed by atoms with E-state index in [-0.39, 0.29) is 18.0 Å². The van der Waals surface area contributed by atoms with Gasteiger partial charge in [-0.3, -0.25) is 9.59 Å². The molecule has 0 radical (unpaired) electrons. The summed E-state index contributed by atoms with van der Waals surface area (Å²) in [5, 5.41) is 19.6.